The number of rotatable bonds is 0. The summed E-state index contributed by atoms with van der Waals surface area (Å²) in [7, 11) is 0. The largest absolute Gasteiger partial charge is 0.393 e. The minimum atomic E-state index is -0.282. The van der Waals surface area contributed by atoms with Crippen molar-refractivity contribution in [3.63, 3.8) is 0 Å². The quantitative estimate of drug-likeness (QED) is 0.543. The van der Waals surface area contributed by atoms with Crippen LogP contribution in [0.25, 0.3) is 0 Å². The van der Waals surface area contributed by atoms with Crippen molar-refractivity contribution in [2.24, 2.45) is 52.3 Å². The second-order valence-corrected chi connectivity index (χ2v) is 13.1. The summed E-state index contributed by atoms with van der Waals surface area (Å²) in [4.78, 5) is 0. The van der Waals surface area contributed by atoms with Gasteiger partial charge in [0.15, 0.2) is 5.79 Å². The van der Waals surface area contributed by atoms with Gasteiger partial charge in [0.05, 0.1) is 18.8 Å². The van der Waals surface area contributed by atoms with E-state index in [1.54, 1.807) is 0 Å². The Bertz CT molecular complexity index is 684. The van der Waals surface area contributed by atoms with Crippen molar-refractivity contribution in [3.05, 3.63) is 0 Å². The lowest BCUT2D eigenvalue weighted by Crippen LogP contribution is -2.55. The van der Waals surface area contributed by atoms with Crippen LogP contribution in [0.3, 0.4) is 0 Å². The van der Waals surface area contributed by atoms with E-state index < -0.39 is 0 Å². The lowest BCUT2D eigenvalue weighted by atomic mass is 9.44. The summed E-state index contributed by atoms with van der Waals surface area (Å²) >= 11 is 0. The van der Waals surface area contributed by atoms with Crippen molar-refractivity contribution in [2.75, 3.05) is 6.61 Å². The van der Waals surface area contributed by atoms with Crippen LogP contribution in [-0.4, -0.2) is 29.7 Å². The summed E-state index contributed by atoms with van der Waals surface area (Å²) in [5.41, 5.74) is 0.899. The van der Waals surface area contributed by atoms with E-state index in [0.717, 1.165) is 49.5 Å². The molecule has 170 valence electrons. The molecular weight excluding hydrogens is 372 g/mol. The Morgan fingerprint density at radius 3 is 2.40 bits per heavy atom. The fourth-order valence-electron chi connectivity index (χ4n) is 10.3. The first-order chi connectivity index (χ1) is 14.3. The molecule has 12 atom stereocenters. The van der Waals surface area contributed by atoms with Gasteiger partial charge in [-0.25, -0.2) is 0 Å². The molecule has 6 unspecified atom stereocenters. The summed E-state index contributed by atoms with van der Waals surface area (Å²) < 4.78 is 13.4. The maximum absolute atomic E-state index is 10.3. The van der Waals surface area contributed by atoms with Gasteiger partial charge in [0, 0.05) is 12.3 Å². The van der Waals surface area contributed by atoms with Gasteiger partial charge in [0.1, 0.15) is 0 Å². The van der Waals surface area contributed by atoms with Crippen LogP contribution >= 0.6 is 0 Å². The summed E-state index contributed by atoms with van der Waals surface area (Å²) in [6.07, 6.45) is 12.9. The SMILES string of the molecule is C[C@@H]1CC[C@@]2(OC1)OC1CC3C4CCC5C[C@H](O)CC[C@]5(C)C4CC[C@]3(C)C1[C@@H]2C. The van der Waals surface area contributed by atoms with Crippen LogP contribution in [0.1, 0.15) is 91.9 Å². The highest BCUT2D eigenvalue weighted by molar-refractivity contribution is 5.15. The molecule has 3 heteroatoms. The molecule has 0 amide bonds. The smallest absolute Gasteiger partial charge is 0.171 e. The summed E-state index contributed by atoms with van der Waals surface area (Å²) in [5.74, 6) is 4.93. The van der Waals surface area contributed by atoms with Crippen LogP contribution < -0.4 is 0 Å². The molecule has 30 heavy (non-hydrogen) atoms. The highest BCUT2D eigenvalue weighted by Crippen LogP contribution is 2.71. The Morgan fingerprint density at radius 2 is 1.63 bits per heavy atom. The molecular formula is C27H44O3. The molecule has 2 saturated heterocycles. The zero-order valence-corrected chi connectivity index (χ0v) is 19.7. The van der Waals surface area contributed by atoms with Crippen LogP contribution in [-0.2, 0) is 9.47 Å². The zero-order chi connectivity index (χ0) is 20.9. The zero-order valence-electron chi connectivity index (χ0n) is 19.7. The molecule has 6 aliphatic rings. The molecule has 6 fully saturated rings. The number of ether oxygens (including phenoxy) is 2. The Morgan fingerprint density at radius 1 is 0.833 bits per heavy atom. The van der Waals surface area contributed by atoms with Gasteiger partial charge < -0.3 is 14.6 Å². The van der Waals surface area contributed by atoms with Gasteiger partial charge in [0.2, 0.25) is 0 Å². The van der Waals surface area contributed by atoms with Crippen LogP contribution in [0.5, 0.6) is 0 Å². The van der Waals surface area contributed by atoms with E-state index in [0.29, 0.717) is 34.7 Å². The second kappa shape index (κ2) is 6.70. The predicted octanol–water partition coefficient (Wildman–Crippen LogP) is 5.79. The normalized spacial score (nSPS) is 62.5. The Labute approximate surface area is 183 Å². The van der Waals surface area contributed by atoms with Gasteiger partial charge in [-0.1, -0.05) is 27.7 Å². The number of fused-ring (bicyclic) bond motifs is 7. The van der Waals surface area contributed by atoms with E-state index >= 15 is 0 Å². The molecule has 2 aliphatic heterocycles. The lowest BCUT2D eigenvalue weighted by Gasteiger charge is -2.61. The van der Waals surface area contributed by atoms with Gasteiger partial charge in [-0.05, 0) is 104 Å². The second-order valence-electron chi connectivity index (χ2n) is 13.1. The number of hydrogen-bond acceptors (Lipinski definition) is 3. The topological polar surface area (TPSA) is 38.7 Å². The van der Waals surface area contributed by atoms with E-state index in [2.05, 4.69) is 27.7 Å². The van der Waals surface area contributed by atoms with Crippen molar-refractivity contribution >= 4 is 0 Å². The summed E-state index contributed by atoms with van der Waals surface area (Å²) in [5, 5.41) is 10.3. The Balaban J connectivity index is 1.26. The third-order valence-electron chi connectivity index (χ3n) is 11.9. The molecule has 0 radical (unpaired) electrons. The van der Waals surface area contributed by atoms with Crippen LogP contribution in [0.2, 0.25) is 0 Å². The molecule has 2 heterocycles. The fourth-order valence-corrected chi connectivity index (χ4v) is 10.3. The minimum Gasteiger partial charge on any atom is -0.393 e. The maximum Gasteiger partial charge on any atom is 0.171 e. The first-order valence-electron chi connectivity index (χ1n) is 13.3. The third kappa shape index (κ3) is 2.61. The molecule has 0 aromatic carbocycles. The molecule has 6 rings (SSSR count). The van der Waals surface area contributed by atoms with Crippen LogP contribution in [0, 0.1) is 52.3 Å². The predicted molar refractivity (Wildman–Crippen MR) is 118 cm³/mol. The van der Waals surface area contributed by atoms with Gasteiger partial charge >= 0.3 is 0 Å². The average molecular weight is 417 g/mol. The van der Waals surface area contributed by atoms with E-state index in [-0.39, 0.29) is 11.9 Å². The first-order valence-corrected chi connectivity index (χ1v) is 13.3. The van der Waals surface area contributed by atoms with E-state index in [4.69, 9.17) is 9.47 Å². The highest BCUT2D eigenvalue weighted by Gasteiger charge is 2.69. The third-order valence-corrected chi connectivity index (χ3v) is 11.9. The maximum atomic E-state index is 10.3. The van der Waals surface area contributed by atoms with Gasteiger partial charge in [-0.15, -0.1) is 0 Å². The Hall–Kier alpha value is -0.120. The number of aliphatic hydroxyl groups excluding tert-OH is 1. The molecule has 0 aromatic heterocycles. The lowest BCUT2D eigenvalue weighted by molar-refractivity contribution is -0.273. The minimum absolute atomic E-state index is 0.0389. The Kier molecular flexibility index (Phi) is 4.58. The van der Waals surface area contributed by atoms with Gasteiger partial charge in [-0.3, -0.25) is 0 Å². The highest BCUT2D eigenvalue weighted by atomic mass is 16.7. The monoisotopic (exact) mass is 416 g/mol. The van der Waals surface area contributed by atoms with Crippen molar-refractivity contribution < 1.29 is 14.6 Å². The molecule has 4 saturated carbocycles. The van der Waals surface area contributed by atoms with E-state index in [1.165, 1.54) is 44.9 Å². The summed E-state index contributed by atoms with van der Waals surface area (Å²) in [6.45, 7) is 10.9. The van der Waals surface area contributed by atoms with Gasteiger partial charge in [0.25, 0.3) is 0 Å². The molecule has 1 spiro atoms. The first kappa shape index (κ1) is 20.5. The number of hydrogen-bond donors (Lipinski definition) is 1. The average Bonchev–Trinajstić information content (AvgIpc) is 3.16. The van der Waals surface area contributed by atoms with Crippen molar-refractivity contribution in [1.29, 1.82) is 0 Å². The van der Waals surface area contributed by atoms with Crippen LogP contribution in [0.4, 0.5) is 0 Å². The molecule has 0 aromatic rings. The standard InChI is InChI=1S/C27H44O3/c1-16-7-12-27(29-15-16)17(2)24-23(30-27)14-22-20-6-5-18-13-19(28)8-10-25(18,3)21(20)9-11-26(22,24)4/h16-24,28H,5-15H2,1-4H3/t16-,17+,18?,19-,20?,21?,22?,23?,24?,25+,26+,27-/m1/s1. The van der Waals surface area contributed by atoms with Gasteiger partial charge in [-0.2, -0.15) is 0 Å². The van der Waals surface area contributed by atoms with Crippen molar-refractivity contribution in [1.82, 2.24) is 0 Å². The van der Waals surface area contributed by atoms with Crippen LogP contribution in [0.15, 0.2) is 0 Å². The van der Waals surface area contributed by atoms with E-state index in [1.807, 2.05) is 0 Å². The molecule has 1 N–H and O–H groups in total. The number of aliphatic hydroxyl groups is 1. The fraction of sp³-hybridized carbons (Fsp3) is 1.00. The molecule has 0 bridgehead atoms. The van der Waals surface area contributed by atoms with Crippen molar-refractivity contribution in [2.45, 2.75) is 110 Å². The van der Waals surface area contributed by atoms with Crippen molar-refractivity contribution in [3.8, 4) is 0 Å². The van der Waals surface area contributed by atoms with E-state index in [9.17, 15) is 5.11 Å². The molecule has 4 aliphatic carbocycles. The summed E-state index contributed by atoms with van der Waals surface area (Å²) in [6, 6.07) is 0. The molecule has 3 nitrogen and oxygen atoms in total.